The standard InChI is InChI=1S/C18H24N4O3/c1-12-4-2-5-14(10-12)21-18(25)19-11-16(23)22-9-3-6-15(22)17(24)20-13-7-8-13/h2,4-5,10,13,15H,3,6-9,11H2,1H3,(H,20,24)(H2,19,21,25). The number of amides is 4. The number of hydrogen-bond donors (Lipinski definition) is 3. The molecule has 7 nitrogen and oxygen atoms in total. The molecule has 0 bridgehead atoms. The molecule has 1 saturated carbocycles. The van der Waals surface area contributed by atoms with Gasteiger partial charge in [-0.05, 0) is 50.3 Å². The van der Waals surface area contributed by atoms with Crippen molar-refractivity contribution in [3.8, 4) is 0 Å². The number of benzene rings is 1. The van der Waals surface area contributed by atoms with Gasteiger partial charge in [-0.2, -0.15) is 0 Å². The summed E-state index contributed by atoms with van der Waals surface area (Å²) in [4.78, 5) is 38.1. The predicted octanol–water partition coefficient (Wildman–Crippen LogP) is 1.39. The first-order chi connectivity index (χ1) is 12.0. The lowest BCUT2D eigenvalue weighted by Gasteiger charge is -2.24. The summed E-state index contributed by atoms with van der Waals surface area (Å²) < 4.78 is 0. The summed E-state index contributed by atoms with van der Waals surface area (Å²) in [5, 5.41) is 8.21. The third-order valence-corrected chi connectivity index (χ3v) is 4.48. The Morgan fingerprint density at radius 3 is 2.72 bits per heavy atom. The van der Waals surface area contributed by atoms with Crippen LogP contribution in [0.5, 0.6) is 0 Å². The molecule has 0 aromatic heterocycles. The van der Waals surface area contributed by atoms with Crippen LogP contribution < -0.4 is 16.0 Å². The highest BCUT2D eigenvalue weighted by molar-refractivity contribution is 5.94. The highest BCUT2D eigenvalue weighted by Crippen LogP contribution is 2.22. The Balaban J connectivity index is 1.47. The molecule has 25 heavy (non-hydrogen) atoms. The molecule has 3 N–H and O–H groups in total. The van der Waals surface area contributed by atoms with E-state index in [1.807, 2.05) is 25.1 Å². The molecule has 1 aromatic carbocycles. The second-order valence-corrected chi connectivity index (χ2v) is 6.71. The van der Waals surface area contributed by atoms with E-state index in [-0.39, 0.29) is 24.4 Å². The van der Waals surface area contributed by atoms with Gasteiger partial charge in [0.25, 0.3) is 0 Å². The highest BCUT2D eigenvalue weighted by atomic mass is 16.2. The monoisotopic (exact) mass is 344 g/mol. The zero-order chi connectivity index (χ0) is 17.8. The topological polar surface area (TPSA) is 90.5 Å². The maximum atomic E-state index is 12.4. The van der Waals surface area contributed by atoms with Crippen molar-refractivity contribution in [3.63, 3.8) is 0 Å². The van der Waals surface area contributed by atoms with E-state index in [0.717, 1.165) is 24.8 Å². The molecule has 1 saturated heterocycles. The third-order valence-electron chi connectivity index (χ3n) is 4.48. The highest BCUT2D eigenvalue weighted by Gasteiger charge is 2.36. The normalized spacial score (nSPS) is 19.4. The van der Waals surface area contributed by atoms with Crippen molar-refractivity contribution >= 4 is 23.5 Å². The summed E-state index contributed by atoms with van der Waals surface area (Å²) in [5.41, 5.74) is 1.71. The molecule has 2 aliphatic rings. The van der Waals surface area contributed by atoms with Crippen LogP contribution in [0.4, 0.5) is 10.5 Å². The van der Waals surface area contributed by atoms with Gasteiger partial charge in [-0.3, -0.25) is 9.59 Å². The molecule has 1 atom stereocenters. The SMILES string of the molecule is Cc1cccc(NC(=O)NCC(=O)N2CCCC2C(=O)NC2CC2)c1. The van der Waals surface area contributed by atoms with E-state index in [1.165, 1.54) is 0 Å². The molecular formula is C18H24N4O3. The second kappa shape index (κ2) is 7.55. The van der Waals surface area contributed by atoms with Gasteiger partial charge in [0, 0.05) is 18.3 Å². The summed E-state index contributed by atoms with van der Waals surface area (Å²) in [6.07, 6.45) is 3.53. The number of carbonyl (C=O) groups is 3. The minimum absolute atomic E-state index is 0.0717. The molecule has 2 fully saturated rings. The smallest absolute Gasteiger partial charge is 0.319 e. The van der Waals surface area contributed by atoms with Gasteiger partial charge in [-0.25, -0.2) is 4.79 Å². The number of rotatable bonds is 5. The van der Waals surface area contributed by atoms with E-state index in [0.29, 0.717) is 18.7 Å². The molecule has 1 aromatic rings. The molecule has 7 heteroatoms. The van der Waals surface area contributed by atoms with Crippen molar-refractivity contribution in [1.82, 2.24) is 15.5 Å². The minimum atomic E-state index is -0.433. The molecule has 1 heterocycles. The number of nitrogens with one attached hydrogen (secondary N) is 3. The predicted molar refractivity (Wildman–Crippen MR) is 94.1 cm³/mol. The van der Waals surface area contributed by atoms with Crippen LogP contribution in [0.2, 0.25) is 0 Å². The molecule has 1 unspecified atom stereocenters. The van der Waals surface area contributed by atoms with Crippen LogP contribution >= 0.6 is 0 Å². The summed E-state index contributed by atoms with van der Waals surface area (Å²) in [7, 11) is 0. The Labute approximate surface area is 147 Å². The van der Waals surface area contributed by atoms with Crippen LogP contribution in [-0.2, 0) is 9.59 Å². The van der Waals surface area contributed by atoms with E-state index in [4.69, 9.17) is 0 Å². The van der Waals surface area contributed by atoms with E-state index in [9.17, 15) is 14.4 Å². The van der Waals surface area contributed by atoms with Crippen LogP contribution in [0.25, 0.3) is 0 Å². The largest absolute Gasteiger partial charge is 0.352 e. The molecular weight excluding hydrogens is 320 g/mol. The van der Waals surface area contributed by atoms with Gasteiger partial charge in [-0.15, -0.1) is 0 Å². The Bertz CT molecular complexity index is 672. The van der Waals surface area contributed by atoms with E-state index in [1.54, 1.807) is 11.0 Å². The average Bonchev–Trinajstić information content (AvgIpc) is 3.24. The summed E-state index contributed by atoms with van der Waals surface area (Å²) >= 11 is 0. The third kappa shape index (κ3) is 4.71. The van der Waals surface area contributed by atoms with Crippen molar-refractivity contribution in [2.75, 3.05) is 18.4 Å². The fourth-order valence-corrected chi connectivity index (χ4v) is 3.02. The van der Waals surface area contributed by atoms with Crippen molar-refractivity contribution in [2.24, 2.45) is 0 Å². The van der Waals surface area contributed by atoms with Crippen molar-refractivity contribution < 1.29 is 14.4 Å². The zero-order valence-electron chi connectivity index (χ0n) is 14.4. The van der Waals surface area contributed by atoms with Gasteiger partial charge < -0.3 is 20.9 Å². The summed E-state index contributed by atoms with van der Waals surface area (Å²) in [5.74, 6) is -0.301. The minimum Gasteiger partial charge on any atom is -0.352 e. The lowest BCUT2D eigenvalue weighted by atomic mass is 10.2. The quantitative estimate of drug-likeness (QED) is 0.754. The zero-order valence-corrected chi connectivity index (χ0v) is 14.4. The molecule has 4 amide bonds. The lowest BCUT2D eigenvalue weighted by molar-refractivity contribution is -0.137. The van der Waals surface area contributed by atoms with Gasteiger partial charge in [0.2, 0.25) is 11.8 Å². The lowest BCUT2D eigenvalue weighted by Crippen LogP contribution is -2.49. The first-order valence-corrected chi connectivity index (χ1v) is 8.74. The maximum absolute atomic E-state index is 12.4. The maximum Gasteiger partial charge on any atom is 0.319 e. The summed E-state index contributed by atoms with van der Waals surface area (Å²) in [6, 6.07) is 6.86. The fourth-order valence-electron chi connectivity index (χ4n) is 3.02. The Hall–Kier alpha value is -2.57. The van der Waals surface area contributed by atoms with Gasteiger partial charge in [0.05, 0.1) is 6.54 Å². The second-order valence-electron chi connectivity index (χ2n) is 6.71. The number of carbonyl (C=O) groups excluding carboxylic acids is 3. The van der Waals surface area contributed by atoms with E-state index in [2.05, 4.69) is 16.0 Å². The molecule has 1 aliphatic carbocycles. The van der Waals surface area contributed by atoms with E-state index >= 15 is 0 Å². The van der Waals surface area contributed by atoms with Crippen LogP contribution in [0.3, 0.4) is 0 Å². The number of anilines is 1. The molecule has 0 spiro atoms. The Morgan fingerprint density at radius 1 is 1.20 bits per heavy atom. The number of urea groups is 1. The van der Waals surface area contributed by atoms with Gasteiger partial charge in [-0.1, -0.05) is 12.1 Å². The van der Waals surface area contributed by atoms with Gasteiger partial charge in [0.1, 0.15) is 6.04 Å². The molecule has 0 radical (unpaired) electrons. The Morgan fingerprint density at radius 2 is 2.00 bits per heavy atom. The number of hydrogen-bond acceptors (Lipinski definition) is 3. The summed E-state index contributed by atoms with van der Waals surface area (Å²) in [6.45, 7) is 2.38. The average molecular weight is 344 g/mol. The number of aryl methyl sites for hydroxylation is 1. The van der Waals surface area contributed by atoms with E-state index < -0.39 is 12.1 Å². The van der Waals surface area contributed by atoms with Crippen molar-refractivity contribution in [2.45, 2.75) is 44.7 Å². The first kappa shape index (κ1) is 17.3. The molecule has 134 valence electrons. The van der Waals surface area contributed by atoms with Crippen molar-refractivity contribution in [1.29, 1.82) is 0 Å². The van der Waals surface area contributed by atoms with Gasteiger partial charge in [0.15, 0.2) is 0 Å². The van der Waals surface area contributed by atoms with Crippen molar-refractivity contribution in [3.05, 3.63) is 29.8 Å². The molecule has 3 rings (SSSR count). The van der Waals surface area contributed by atoms with Crippen LogP contribution in [0.1, 0.15) is 31.2 Å². The van der Waals surface area contributed by atoms with Crippen LogP contribution in [0.15, 0.2) is 24.3 Å². The van der Waals surface area contributed by atoms with Crippen LogP contribution in [0, 0.1) is 6.92 Å². The molecule has 1 aliphatic heterocycles. The van der Waals surface area contributed by atoms with Crippen LogP contribution in [-0.4, -0.2) is 47.9 Å². The Kier molecular flexibility index (Phi) is 5.21. The van der Waals surface area contributed by atoms with Gasteiger partial charge >= 0.3 is 6.03 Å². The number of nitrogens with zero attached hydrogens (tertiary/aromatic N) is 1. The first-order valence-electron chi connectivity index (χ1n) is 8.74. The number of likely N-dealkylation sites (tertiary alicyclic amines) is 1. The fraction of sp³-hybridized carbons (Fsp3) is 0.500.